The first kappa shape index (κ1) is 37.4. The Bertz CT molecular complexity index is 1850. The molecule has 0 bridgehead atoms. The Morgan fingerprint density at radius 1 is 0.667 bits per heavy atom. The molecule has 0 aliphatic rings. The van der Waals surface area contributed by atoms with Gasteiger partial charge in [-0.25, -0.2) is 4.79 Å². The van der Waals surface area contributed by atoms with Gasteiger partial charge in [-0.1, -0.05) is 48.5 Å². The first-order valence-electron chi connectivity index (χ1n) is 15.9. The van der Waals surface area contributed by atoms with E-state index in [1.807, 2.05) is 6.07 Å². The molecule has 0 saturated carbocycles. The molecular weight excluding hydrogens is 654 g/mol. The largest absolute Gasteiger partial charge is 0.495 e. The smallest absolute Gasteiger partial charge is 0.322 e. The first-order valence-corrected chi connectivity index (χ1v) is 15.9. The first-order chi connectivity index (χ1) is 24.5. The molecule has 0 atom stereocenters. The predicted molar refractivity (Wildman–Crippen MR) is 194 cm³/mol. The van der Waals surface area contributed by atoms with E-state index in [0.717, 1.165) is 0 Å². The van der Waals surface area contributed by atoms with Gasteiger partial charge in [0.05, 0.1) is 26.3 Å². The molecule has 4 aromatic rings. The summed E-state index contributed by atoms with van der Waals surface area (Å²) in [6, 6.07) is 28.7. The maximum atomic E-state index is 13.9. The molecular formula is C38H41N5O8. The van der Waals surface area contributed by atoms with E-state index in [0.29, 0.717) is 34.1 Å². The van der Waals surface area contributed by atoms with Crippen LogP contribution in [0.1, 0.15) is 5.56 Å². The van der Waals surface area contributed by atoms with Crippen LogP contribution >= 0.6 is 0 Å². The van der Waals surface area contributed by atoms with Crippen LogP contribution in [0.2, 0.25) is 0 Å². The molecule has 4 rings (SSSR count). The minimum absolute atomic E-state index is 0.0321. The average molecular weight is 696 g/mol. The van der Waals surface area contributed by atoms with Crippen LogP contribution in [0.5, 0.6) is 11.5 Å². The lowest BCUT2D eigenvalue weighted by Gasteiger charge is -2.28. The molecule has 0 heterocycles. The second-order valence-electron chi connectivity index (χ2n) is 11.4. The topological polar surface area (TPSA) is 138 Å². The van der Waals surface area contributed by atoms with Gasteiger partial charge in [-0.2, -0.15) is 0 Å². The maximum absolute atomic E-state index is 13.9. The zero-order valence-electron chi connectivity index (χ0n) is 29.2. The standard InChI is InChI=1S/C38H41N5O8/c1-40(38(48)39-28-14-11-13-27(21-28)22-37(47)50-5)24-35(45)43(25-34(44)41(2)29-15-7-6-8-16-29)30-17-12-18-31(23-30)51-26-36(46)42(3)32-19-9-10-20-33(32)49-4/h6-21,23H,22,24-26H2,1-5H3,(H,39,48). The third-order valence-corrected chi connectivity index (χ3v) is 7.90. The number of carbonyl (C=O) groups excluding carboxylic acids is 5. The van der Waals surface area contributed by atoms with E-state index in [2.05, 4.69) is 5.32 Å². The van der Waals surface area contributed by atoms with Crippen LogP contribution in [-0.2, 0) is 30.3 Å². The van der Waals surface area contributed by atoms with Gasteiger partial charge in [-0.3, -0.25) is 19.2 Å². The van der Waals surface area contributed by atoms with E-state index < -0.39 is 17.9 Å². The fourth-order valence-electron chi connectivity index (χ4n) is 4.96. The van der Waals surface area contributed by atoms with Crippen LogP contribution in [0.15, 0.2) is 103 Å². The summed E-state index contributed by atoms with van der Waals surface area (Å²) in [5.41, 5.74) is 2.59. The van der Waals surface area contributed by atoms with Crippen LogP contribution in [0.25, 0.3) is 0 Å². The zero-order valence-corrected chi connectivity index (χ0v) is 29.2. The number of nitrogens with zero attached hydrogens (tertiary/aromatic N) is 4. The summed E-state index contributed by atoms with van der Waals surface area (Å²) in [5, 5.41) is 2.73. The molecule has 1 N–H and O–H groups in total. The molecule has 0 aliphatic carbocycles. The number of hydrogen-bond acceptors (Lipinski definition) is 8. The SMILES string of the molecule is COC(=O)Cc1cccc(NC(=O)N(C)CC(=O)N(CC(=O)N(C)c2ccccc2)c2cccc(OCC(=O)N(C)c3ccccc3OC)c2)c1. The van der Waals surface area contributed by atoms with Crippen molar-refractivity contribution in [3.8, 4) is 11.5 Å². The zero-order chi connectivity index (χ0) is 36.9. The fourth-order valence-corrected chi connectivity index (χ4v) is 4.96. The number of hydrogen-bond donors (Lipinski definition) is 1. The van der Waals surface area contributed by atoms with Gasteiger partial charge >= 0.3 is 12.0 Å². The molecule has 0 unspecified atom stereocenters. The van der Waals surface area contributed by atoms with Crippen molar-refractivity contribution in [2.24, 2.45) is 0 Å². The minimum Gasteiger partial charge on any atom is -0.495 e. The summed E-state index contributed by atoms with van der Waals surface area (Å²) in [4.78, 5) is 70.5. The van der Waals surface area contributed by atoms with Crippen molar-refractivity contribution in [2.45, 2.75) is 6.42 Å². The van der Waals surface area contributed by atoms with Gasteiger partial charge in [0, 0.05) is 44.3 Å². The number of ether oxygens (including phenoxy) is 3. The molecule has 5 amide bonds. The van der Waals surface area contributed by atoms with Crippen molar-refractivity contribution < 1.29 is 38.2 Å². The number of anilines is 4. The maximum Gasteiger partial charge on any atom is 0.322 e. The number of likely N-dealkylation sites (N-methyl/N-ethyl adjacent to an activating group) is 3. The van der Waals surface area contributed by atoms with Gasteiger partial charge in [0.25, 0.3) is 5.91 Å². The van der Waals surface area contributed by atoms with Crippen molar-refractivity contribution in [3.63, 3.8) is 0 Å². The van der Waals surface area contributed by atoms with Crippen LogP contribution in [0, 0.1) is 0 Å². The van der Waals surface area contributed by atoms with E-state index in [9.17, 15) is 24.0 Å². The average Bonchev–Trinajstić information content (AvgIpc) is 3.15. The van der Waals surface area contributed by atoms with Crippen molar-refractivity contribution in [2.75, 3.05) is 75.1 Å². The molecule has 0 fully saturated rings. The highest BCUT2D eigenvalue weighted by molar-refractivity contribution is 6.05. The predicted octanol–water partition coefficient (Wildman–Crippen LogP) is 4.61. The van der Waals surface area contributed by atoms with E-state index >= 15 is 0 Å². The monoisotopic (exact) mass is 695 g/mol. The number of carbonyl (C=O) groups is 5. The van der Waals surface area contributed by atoms with E-state index in [1.54, 1.807) is 111 Å². The summed E-state index contributed by atoms with van der Waals surface area (Å²) in [7, 11) is 7.49. The molecule has 13 nitrogen and oxygen atoms in total. The third-order valence-electron chi connectivity index (χ3n) is 7.90. The molecule has 0 spiro atoms. The Kier molecular flexibility index (Phi) is 13.1. The number of benzene rings is 4. The molecule has 266 valence electrons. The lowest BCUT2D eigenvalue weighted by atomic mass is 10.1. The Labute approximate surface area is 296 Å². The lowest BCUT2D eigenvalue weighted by molar-refractivity contribution is -0.139. The van der Waals surface area contributed by atoms with Crippen molar-refractivity contribution in [1.82, 2.24) is 4.90 Å². The number of nitrogens with one attached hydrogen (secondary N) is 1. The van der Waals surface area contributed by atoms with E-state index in [4.69, 9.17) is 14.2 Å². The Hall–Kier alpha value is -6.37. The normalized spacial score (nSPS) is 10.4. The van der Waals surface area contributed by atoms with Gasteiger partial charge in [-0.05, 0) is 54.1 Å². The second kappa shape index (κ2) is 17.9. The summed E-state index contributed by atoms with van der Waals surface area (Å²) < 4.78 is 15.9. The van der Waals surface area contributed by atoms with Crippen LogP contribution in [-0.4, -0.2) is 89.7 Å². The van der Waals surface area contributed by atoms with Crippen molar-refractivity contribution in [1.29, 1.82) is 0 Å². The van der Waals surface area contributed by atoms with Crippen molar-refractivity contribution in [3.05, 3.63) is 109 Å². The number of esters is 1. The minimum atomic E-state index is -0.582. The van der Waals surface area contributed by atoms with Crippen molar-refractivity contribution >= 4 is 52.5 Å². The number of urea groups is 1. The highest BCUT2D eigenvalue weighted by Crippen LogP contribution is 2.27. The molecule has 0 radical (unpaired) electrons. The summed E-state index contributed by atoms with van der Waals surface area (Å²) in [5.74, 6) is -0.889. The molecule has 13 heteroatoms. The fraction of sp³-hybridized carbons (Fsp3) is 0.237. The summed E-state index contributed by atoms with van der Waals surface area (Å²) in [6.07, 6.45) is 0.0321. The van der Waals surface area contributed by atoms with Gasteiger partial charge in [0.15, 0.2) is 6.61 Å². The Morgan fingerprint density at radius 3 is 2.08 bits per heavy atom. The molecule has 0 aromatic heterocycles. The molecule has 51 heavy (non-hydrogen) atoms. The van der Waals surface area contributed by atoms with Gasteiger partial charge in [-0.15, -0.1) is 0 Å². The highest BCUT2D eigenvalue weighted by Gasteiger charge is 2.25. The molecule has 0 aliphatic heterocycles. The number of amides is 5. The van der Waals surface area contributed by atoms with Crippen LogP contribution in [0.4, 0.5) is 27.5 Å². The quantitative estimate of drug-likeness (QED) is 0.189. The van der Waals surface area contributed by atoms with Gasteiger partial charge < -0.3 is 39.1 Å². The molecule has 0 saturated heterocycles. The Balaban J connectivity index is 1.51. The van der Waals surface area contributed by atoms with E-state index in [1.165, 1.54) is 40.9 Å². The molecule has 4 aromatic carbocycles. The van der Waals surface area contributed by atoms with E-state index in [-0.39, 0.29) is 43.7 Å². The highest BCUT2D eigenvalue weighted by atomic mass is 16.5. The summed E-state index contributed by atoms with van der Waals surface area (Å²) >= 11 is 0. The number of methoxy groups -OCH3 is 2. The third kappa shape index (κ3) is 10.3. The number of para-hydroxylation sites is 3. The Morgan fingerprint density at radius 2 is 1.35 bits per heavy atom. The van der Waals surface area contributed by atoms with Crippen LogP contribution in [0.3, 0.4) is 0 Å². The summed E-state index contributed by atoms with van der Waals surface area (Å²) in [6.45, 7) is -1.05. The van der Waals surface area contributed by atoms with Gasteiger partial charge in [0.2, 0.25) is 11.8 Å². The van der Waals surface area contributed by atoms with Crippen LogP contribution < -0.4 is 29.5 Å². The number of rotatable bonds is 14. The second-order valence-corrected chi connectivity index (χ2v) is 11.4. The van der Waals surface area contributed by atoms with Gasteiger partial charge in [0.1, 0.15) is 24.6 Å². The lowest BCUT2D eigenvalue weighted by Crippen LogP contribution is -2.47.